The van der Waals surface area contributed by atoms with Crippen LogP contribution < -0.4 is 15.8 Å². The van der Waals surface area contributed by atoms with E-state index in [1.807, 2.05) is 6.92 Å². The fraction of sp³-hybridized carbons (Fsp3) is 0.500. The average Bonchev–Trinajstić information content (AvgIpc) is 3.49. The lowest BCUT2D eigenvalue weighted by atomic mass is 10.1. The highest BCUT2D eigenvalue weighted by Gasteiger charge is 2.30. The molecule has 1 unspecified atom stereocenters. The molecule has 7 nitrogen and oxygen atoms in total. The second-order valence-corrected chi connectivity index (χ2v) is 10.0. The molecule has 1 aromatic carbocycles. The number of anilines is 1. The molecule has 3 N–H and O–H groups in total. The summed E-state index contributed by atoms with van der Waals surface area (Å²) in [6.07, 6.45) is 3.88. The van der Waals surface area contributed by atoms with Gasteiger partial charge in [0.25, 0.3) is 5.91 Å². The van der Waals surface area contributed by atoms with E-state index in [1.54, 1.807) is 0 Å². The van der Waals surface area contributed by atoms with Crippen molar-refractivity contribution in [2.45, 2.75) is 45.2 Å². The van der Waals surface area contributed by atoms with Crippen LogP contribution in [0.2, 0.25) is 0 Å². The number of amides is 2. The molecule has 8 heteroatoms. The van der Waals surface area contributed by atoms with Crippen LogP contribution in [0.4, 0.5) is 5.00 Å². The highest BCUT2D eigenvalue weighted by molar-refractivity contribution is 7.17. The van der Waals surface area contributed by atoms with Crippen molar-refractivity contribution in [1.29, 1.82) is 0 Å². The van der Waals surface area contributed by atoms with Crippen LogP contribution >= 0.6 is 11.3 Å². The Kier molecular flexibility index (Phi) is 5.92. The number of carbonyl (C=O) groups excluding carboxylic acids is 2. The lowest BCUT2D eigenvalue weighted by Gasteiger charge is -2.37. The summed E-state index contributed by atoms with van der Waals surface area (Å²) in [5.74, 6) is 0.507. The summed E-state index contributed by atoms with van der Waals surface area (Å²) in [6.45, 7) is 7.17. The molecule has 1 atom stereocenters. The second kappa shape index (κ2) is 8.84. The first-order valence-corrected chi connectivity index (χ1v) is 12.3. The standard InChI is InChI=1S/C24H30N4O3S/c1-15(23(30)26-24-21(22(25)29)18-3-2-4-20(18)32-24)28-10-8-27(9-11-28)14-16-5-6-19-17(13-16)7-12-31-19/h5-6,13,15H,2-4,7-12,14H2,1H3,(H2,25,29)(H,26,30). The predicted molar refractivity (Wildman–Crippen MR) is 125 cm³/mol. The van der Waals surface area contributed by atoms with Crippen LogP contribution in [-0.4, -0.2) is 60.4 Å². The SMILES string of the molecule is CC(C(=O)Nc1sc2c(c1C(N)=O)CCC2)N1CCN(Cc2ccc3c(c2)CCO3)CC1. The van der Waals surface area contributed by atoms with Gasteiger partial charge in [0.1, 0.15) is 10.8 Å². The van der Waals surface area contributed by atoms with Crippen LogP contribution in [0, 0.1) is 0 Å². The number of aryl methyl sites for hydroxylation is 1. The Hall–Kier alpha value is -2.42. The van der Waals surface area contributed by atoms with Crippen molar-refractivity contribution in [2.24, 2.45) is 5.73 Å². The van der Waals surface area contributed by atoms with Gasteiger partial charge < -0.3 is 15.8 Å². The number of nitrogens with one attached hydrogen (secondary N) is 1. The summed E-state index contributed by atoms with van der Waals surface area (Å²) in [4.78, 5) is 30.8. The van der Waals surface area contributed by atoms with E-state index in [0.29, 0.717) is 10.6 Å². The van der Waals surface area contributed by atoms with Crippen molar-refractivity contribution >= 4 is 28.2 Å². The number of fused-ring (bicyclic) bond motifs is 2. The molecule has 1 fully saturated rings. The lowest BCUT2D eigenvalue weighted by Crippen LogP contribution is -2.52. The molecule has 0 radical (unpaired) electrons. The Morgan fingerprint density at radius 3 is 2.78 bits per heavy atom. The Balaban J connectivity index is 1.16. The molecule has 1 aliphatic carbocycles. The number of thiophene rings is 1. The molecule has 0 saturated carbocycles. The number of primary amides is 1. The summed E-state index contributed by atoms with van der Waals surface area (Å²) in [5, 5.41) is 3.63. The normalized spacial score (nSPS) is 19.3. The highest BCUT2D eigenvalue weighted by atomic mass is 32.1. The Bertz CT molecular complexity index is 1040. The molecule has 2 aromatic rings. The fourth-order valence-electron chi connectivity index (χ4n) is 5.04. The van der Waals surface area contributed by atoms with Gasteiger partial charge in [-0.05, 0) is 48.9 Å². The van der Waals surface area contributed by atoms with Crippen LogP contribution in [0.25, 0.3) is 0 Å². The van der Waals surface area contributed by atoms with Crippen molar-refractivity contribution in [3.63, 3.8) is 0 Å². The van der Waals surface area contributed by atoms with E-state index in [-0.39, 0.29) is 11.9 Å². The summed E-state index contributed by atoms with van der Waals surface area (Å²) in [5.41, 5.74) is 9.81. The molecule has 2 aliphatic heterocycles. The minimum absolute atomic E-state index is 0.0699. The van der Waals surface area contributed by atoms with Gasteiger partial charge in [-0.2, -0.15) is 0 Å². The van der Waals surface area contributed by atoms with Crippen molar-refractivity contribution in [2.75, 3.05) is 38.1 Å². The third-order valence-corrected chi connectivity index (χ3v) is 8.11. The van der Waals surface area contributed by atoms with Gasteiger partial charge in [-0.3, -0.25) is 19.4 Å². The smallest absolute Gasteiger partial charge is 0.251 e. The third kappa shape index (κ3) is 4.14. The number of benzene rings is 1. The van der Waals surface area contributed by atoms with Gasteiger partial charge in [-0.25, -0.2) is 0 Å². The largest absolute Gasteiger partial charge is 0.493 e. The summed E-state index contributed by atoms with van der Waals surface area (Å²) >= 11 is 1.51. The van der Waals surface area contributed by atoms with E-state index >= 15 is 0 Å². The van der Waals surface area contributed by atoms with Gasteiger partial charge in [0.15, 0.2) is 0 Å². The molecule has 3 aliphatic rings. The maximum atomic E-state index is 13.0. The number of hydrogen-bond donors (Lipinski definition) is 2. The molecule has 1 aromatic heterocycles. The number of nitrogens with two attached hydrogens (primary N) is 1. The van der Waals surface area contributed by atoms with Crippen LogP contribution in [0.15, 0.2) is 18.2 Å². The van der Waals surface area contributed by atoms with Gasteiger partial charge in [0.2, 0.25) is 5.91 Å². The van der Waals surface area contributed by atoms with Crippen LogP contribution in [-0.2, 0) is 30.6 Å². The monoisotopic (exact) mass is 454 g/mol. The predicted octanol–water partition coefficient (Wildman–Crippen LogP) is 2.42. The first kappa shape index (κ1) is 21.4. The molecule has 32 heavy (non-hydrogen) atoms. The number of carbonyl (C=O) groups is 2. The fourth-order valence-corrected chi connectivity index (χ4v) is 6.34. The van der Waals surface area contributed by atoms with E-state index < -0.39 is 5.91 Å². The molecule has 0 bridgehead atoms. The zero-order valence-electron chi connectivity index (χ0n) is 18.5. The quantitative estimate of drug-likeness (QED) is 0.700. The van der Waals surface area contributed by atoms with Crippen LogP contribution in [0.3, 0.4) is 0 Å². The Morgan fingerprint density at radius 1 is 1.19 bits per heavy atom. The number of hydrogen-bond acceptors (Lipinski definition) is 6. The van der Waals surface area contributed by atoms with Crippen molar-refractivity contribution < 1.29 is 14.3 Å². The topological polar surface area (TPSA) is 87.9 Å². The lowest BCUT2D eigenvalue weighted by molar-refractivity contribution is -0.121. The number of ether oxygens (including phenoxy) is 1. The number of nitrogens with zero attached hydrogens (tertiary/aromatic N) is 2. The minimum atomic E-state index is -0.445. The molecule has 5 rings (SSSR count). The first-order chi connectivity index (χ1) is 15.5. The molecule has 3 heterocycles. The van der Waals surface area contributed by atoms with Crippen molar-refractivity contribution in [1.82, 2.24) is 9.80 Å². The molecule has 170 valence electrons. The molecular formula is C24H30N4O3S. The molecule has 1 saturated heterocycles. The van der Waals surface area contributed by atoms with Gasteiger partial charge in [0.05, 0.1) is 18.2 Å². The average molecular weight is 455 g/mol. The molecular weight excluding hydrogens is 424 g/mol. The van der Waals surface area contributed by atoms with Crippen LogP contribution in [0.5, 0.6) is 5.75 Å². The maximum absolute atomic E-state index is 13.0. The van der Waals surface area contributed by atoms with Crippen molar-refractivity contribution in [3.05, 3.63) is 45.3 Å². The highest BCUT2D eigenvalue weighted by Crippen LogP contribution is 2.39. The Labute approximate surface area is 192 Å². The third-order valence-electron chi connectivity index (χ3n) is 6.90. The summed E-state index contributed by atoms with van der Waals surface area (Å²) in [7, 11) is 0. The van der Waals surface area contributed by atoms with Gasteiger partial charge in [-0.1, -0.05) is 12.1 Å². The summed E-state index contributed by atoms with van der Waals surface area (Å²) < 4.78 is 5.60. The van der Waals surface area contributed by atoms with Gasteiger partial charge in [-0.15, -0.1) is 11.3 Å². The molecule has 0 spiro atoms. The van der Waals surface area contributed by atoms with E-state index in [1.165, 1.54) is 27.3 Å². The van der Waals surface area contributed by atoms with E-state index in [0.717, 1.165) is 76.3 Å². The Morgan fingerprint density at radius 2 is 2.00 bits per heavy atom. The zero-order valence-corrected chi connectivity index (χ0v) is 19.3. The first-order valence-electron chi connectivity index (χ1n) is 11.5. The van der Waals surface area contributed by atoms with E-state index in [4.69, 9.17) is 10.5 Å². The van der Waals surface area contributed by atoms with Crippen molar-refractivity contribution in [3.8, 4) is 5.75 Å². The number of piperazine rings is 1. The van der Waals surface area contributed by atoms with E-state index in [2.05, 4.69) is 33.3 Å². The van der Waals surface area contributed by atoms with Gasteiger partial charge >= 0.3 is 0 Å². The number of rotatable bonds is 6. The molecule has 2 amide bonds. The van der Waals surface area contributed by atoms with Crippen LogP contribution in [0.1, 0.15) is 45.3 Å². The second-order valence-electron chi connectivity index (χ2n) is 8.94. The van der Waals surface area contributed by atoms with E-state index in [9.17, 15) is 9.59 Å². The minimum Gasteiger partial charge on any atom is -0.493 e. The van der Waals surface area contributed by atoms with Gasteiger partial charge in [0, 0.05) is 44.0 Å². The maximum Gasteiger partial charge on any atom is 0.251 e. The summed E-state index contributed by atoms with van der Waals surface area (Å²) in [6, 6.07) is 6.24. The zero-order chi connectivity index (χ0) is 22.2.